The lowest BCUT2D eigenvalue weighted by molar-refractivity contribution is 0.159. The van der Waals surface area contributed by atoms with Crippen LogP contribution in [0, 0.1) is 5.41 Å². The van der Waals surface area contributed by atoms with Gasteiger partial charge in [-0.15, -0.1) is 10.2 Å². The molecule has 2 aliphatic rings. The van der Waals surface area contributed by atoms with Crippen LogP contribution in [0.2, 0.25) is 5.02 Å². The fourth-order valence-corrected chi connectivity index (χ4v) is 5.65. The van der Waals surface area contributed by atoms with Crippen LogP contribution in [0.5, 0.6) is 0 Å². The van der Waals surface area contributed by atoms with E-state index in [1.54, 1.807) is 18.5 Å². The number of pyridine rings is 1. The van der Waals surface area contributed by atoms with Crippen molar-refractivity contribution in [2.24, 2.45) is 11.1 Å². The van der Waals surface area contributed by atoms with Crippen LogP contribution < -0.4 is 16.4 Å². The van der Waals surface area contributed by atoms with Gasteiger partial charge in [-0.3, -0.25) is 0 Å². The van der Waals surface area contributed by atoms with Gasteiger partial charge in [0.15, 0.2) is 0 Å². The van der Waals surface area contributed by atoms with E-state index < -0.39 is 5.44 Å². The first-order valence-electron chi connectivity index (χ1n) is 10.1. The van der Waals surface area contributed by atoms with E-state index in [1.165, 1.54) is 17.3 Å². The van der Waals surface area contributed by atoms with E-state index in [-0.39, 0.29) is 11.2 Å². The number of benzene rings is 1. The normalized spacial score (nSPS) is 21.9. The molecule has 1 spiro atoms. The molecule has 1 fully saturated rings. The van der Waals surface area contributed by atoms with E-state index in [4.69, 9.17) is 30.9 Å². The fourth-order valence-electron chi connectivity index (χ4n) is 4.68. The van der Waals surface area contributed by atoms with Gasteiger partial charge < -0.3 is 16.4 Å². The summed E-state index contributed by atoms with van der Waals surface area (Å²) < 4.78 is 0. The number of hydrogen-bond acceptors (Lipinski definition) is 8. The van der Waals surface area contributed by atoms with Gasteiger partial charge in [-0.2, -0.15) is 0 Å². The van der Waals surface area contributed by atoms with Crippen LogP contribution in [-0.4, -0.2) is 41.1 Å². The summed E-state index contributed by atoms with van der Waals surface area (Å²) in [4.78, 5) is 11.4. The number of nitrogen functional groups attached to an aromatic ring is 1. The Balaban J connectivity index is 1.28. The number of anilines is 2. The first-order valence-corrected chi connectivity index (χ1v) is 11.3. The molecule has 3 aromatic rings. The fraction of sp³-hybridized carbons (Fsp3) is 0.333. The molecule has 1 saturated heterocycles. The quantitative estimate of drug-likeness (QED) is 0.588. The molecule has 3 heterocycles. The number of nitrogens with zero attached hydrogens (tertiary/aromatic N) is 5. The maximum atomic E-state index is 6.69. The summed E-state index contributed by atoms with van der Waals surface area (Å²) in [6, 6.07) is 10.0. The van der Waals surface area contributed by atoms with Gasteiger partial charge in [-0.25, -0.2) is 9.97 Å². The predicted octanol–water partition coefficient (Wildman–Crippen LogP) is 2.78. The monoisotopic (exact) mass is 449 g/mol. The lowest BCUT2D eigenvalue weighted by Gasteiger charge is -2.48. The molecule has 1 aliphatic carbocycles. The van der Waals surface area contributed by atoms with Crippen LogP contribution >= 0.6 is 23.4 Å². The summed E-state index contributed by atoms with van der Waals surface area (Å²) in [5, 5.41) is 9.69. The second-order valence-electron chi connectivity index (χ2n) is 8.18. The third-order valence-corrected chi connectivity index (χ3v) is 7.96. The largest absolute Gasteiger partial charge is 0.382 e. The molecule has 0 bridgehead atoms. The standard InChI is InChI=1S/C21H21BClN7S/c22-21(25)14-4-2-1-3-13(14)11-20(21)6-9-30(10-7-20)19-27-12-16(28-29-19)31-15-5-8-26-18(24)17(15)23/h1-5,8,12H,6-7,9-11,25H2,(H2,24,26)/t21-/m1/s1. The zero-order valence-electron chi connectivity index (χ0n) is 16.8. The van der Waals surface area contributed by atoms with E-state index >= 15 is 0 Å². The number of nitrogens with two attached hydrogens (primary N) is 2. The van der Waals surface area contributed by atoms with Gasteiger partial charge in [-0.1, -0.05) is 47.6 Å². The maximum absolute atomic E-state index is 6.69. The Morgan fingerprint density at radius 1 is 1.10 bits per heavy atom. The number of rotatable bonds is 3. The van der Waals surface area contributed by atoms with Crippen LogP contribution in [0.15, 0.2) is 52.6 Å². The molecule has 1 aromatic carbocycles. The summed E-state index contributed by atoms with van der Waals surface area (Å²) in [6.07, 6.45) is 5.97. The average Bonchev–Trinajstić information content (AvgIpc) is 2.99. The molecule has 1 aliphatic heterocycles. The summed E-state index contributed by atoms with van der Waals surface area (Å²) in [5.74, 6) is 0.895. The Labute approximate surface area is 191 Å². The Bertz CT molecular complexity index is 1120. The Morgan fingerprint density at radius 3 is 2.58 bits per heavy atom. The third-order valence-electron chi connectivity index (χ3n) is 6.50. The maximum Gasteiger partial charge on any atom is 0.245 e. The SMILES string of the molecule is [B][C@@]1(N)c2ccccc2CC12CCN(c1ncc(Sc3ccnc(N)c3Cl)nn1)CC2. The molecule has 0 unspecified atom stereocenters. The van der Waals surface area contributed by atoms with Gasteiger partial charge in [0.05, 0.1) is 11.2 Å². The first kappa shape index (κ1) is 20.5. The van der Waals surface area contributed by atoms with Crippen molar-refractivity contribution in [3.63, 3.8) is 0 Å². The summed E-state index contributed by atoms with van der Waals surface area (Å²) in [6.45, 7) is 1.57. The molecular formula is C21H21BClN7S. The minimum Gasteiger partial charge on any atom is -0.382 e. The molecule has 10 heteroatoms. The minimum atomic E-state index is -0.819. The van der Waals surface area contributed by atoms with Gasteiger partial charge in [0, 0.05) is 29.6 Å². The van der Waals surface area contributed by atoms with Crippen LogP contribution in [0.3, 0.4) is 0 Å². The third kappa shape index (κ3) is 3.45. The van der Waals surface area contributed by atoms with Crippen LogP contribution in [0.4, 0.5) is 11.8 Å². The number of hydrogen-bond donors (Lipinski definition) is 2. The van der Waals surface area contributed by atoms with E-state index in [0.29, 0.717) is 16.0 Å². The van der Waals surface area contributed by atoms with Gasteiger partial charge in [-0.05, 0) is 41.9 Å². The highest BCUT2D eigenvalue weighted by atomic mass is 35.5. The highest BCUT2D eigenvalue weighted by Crippen LogP contribution is 2.53. The average molecular weight is 450 g/mol. The summed E-state index contributed by atoms with van der Waals surface area (Å²) in [5.41, 5.74) is 13.8. The van der Waals surface area contributed by atoms with Crippen LogP contribution in [-0.2, 0) is 11.9 Å². The van der Waals surface area contributed by atoms with E-state index in [0.717, 1.165) is 42.8 Å². The van der Waals surface area contributed by atoms with Crippen LogP contribution in [0.25, 0.3) is 0 Å². The van der Waals surface area contributed by atoms with Crippen molar-refractivity contribution >= 4 is 43.0 Å². The number of piperidine rings is 1. The molecule has 0 amide bonds. The zero-order valence-corrected chi connectivity index (χ0v) is 18.4. The van der Waals surface area contributed by atoms with Gasteiger partial charge >= 0.3 is 0 Å². The Hall–Kier alpha value is -2.36. The zero-order chi connectivity index (χ0) is 21.6. The summed E-state index contributed by atoms with van der Waals surface area (Å²) >= 11 is 7.56. The minimum absolute atomic E-state index is 0.144. The van der Waals surface area contributed by atoms with Crippen molar-refractivity contribution in [3.8, 4) is 0 Å². The van der Waals surface area contributed by atoms with E-state index in [1.807, 2.05) is 6.07 Å². The lowest BCUT2D eigenvalue weighted by atomic mass is 9.55. The molecule has 2 radical (unpaired) electrons. The van der Waals surface area contributed by atoms with Crippen molar-refractivity contribution < 1.29 is 0 Å². The second-order valence-corrected chi connectivity index (χ2v) is 9.62. The van der Waals surface area contributed by atoms with Gasteiger partial charge in [0.2, 0.25) is 5.95 Å². The smallest absolute Gasteiger partial charge is 0.245 e. The molecule has 31 heavy (non-hydrogen) atoms. The molecule has 1 atom stereocenters. The van der Waals surface area contributed by atoms with Gasteiger partial charge in [0.1, 0.15) is 18.7 Å². The van der Waals surface area contributed by atoms with Crippen molar-refractivity contribution in [1.29, 1.82) is 0 Å². The predicted molar refractivity (Wildman–Crippen MR) is 123 cm³/mol. The second kappa shape index (κ2) is 7.65. The molecule has 0 saturated carbocycles. The van der Waals surface area contributed by atoms with E-state index in [2.05, 4.69) is 43.3 Å². The molecule has 4 N–H and O–H groups in total. The number of halogens is 1. The van der Waals surface area contributed by atoms with Crippen molar-refractivity contribution in [2.45, 2.75) is 34.6 Å². The number of fused-ring (bicyclic) bond motifs is 1. The summed E-state index contributed by atoms with van der Waals surface area (Å²) in [7, 11) is 6.69. The van der Waals surface area contributed by atoms with Crippen molar-refractivity contribution in [3.05, 3.63) is 58.9 Å². The molecular weight excluding hydrogens is 429 g/mol. The number of aromatic nitrogens is 4. The highest BCUT2D eigenvalue weighted by Gasteiger charge is 2.52. The Kier molecular flexibility index (Phi) is 5.07. The van der Waals surface area contributed by atoms with Gasteiger partial charge in [0.25, 0.3) is 0 Å². The van der Waals surface area contributed by atoms with Crippen molar-refractivity contribution in [2.75, 3.05) is 23.7 Å². The Morgan fingerprint density at radius 2 is 1.87 bits per heavy atom. The molecule has 156 valence electrons. The van der Waals surface area contributed by atoms with Crippen LogP contribution in [0.1, 0.15) is 24.0 Å². The lowest BCUT2D eigenvalue weighted by Crippen LogP contribution is -2.55. The molecule has 7 nitrogen and oxygen atoms in total. The topological polar surface area (TPSA) is 107 Å². The molecule has 2 aromatic heterocycles. The first-order chi connectivity index (χ1) is 14.9. The van der Waals surface area contributed by atoms with E-state index in [9.17, 15) is 0 Å². The highest BCUT2D eigenvalue weighted by molar-refractivity contribution is 7.99. The molecule has 5 rings (SSSR count). The van der Waals surface area contributed by atoms with Crippen molar-refractivity contribution in [1.82, 2.24) is 20.2 Å².